The molecule has 0 aromatic rings. The van der Waals surface area contributed by atoms with Crippen LogP contribution < -0.4 is 0 Å². The summed E-state index contributed by atoms with van der Waals surface area (Å²) in [7, 11) is 3.88. The van der Waals surface area contributed by atoms with E-state index in [-0.39, 0.29) is 31.0 Å². The standard InChI is InChI=1S/C31H58N2O5S/c1-6-9-12-15-16-17-20-24-37-29(34)26-33(31(36)39-25-23-32(4)5)27-30(35)38-28(21-18-13-10-7-2)22-19-14-11-8-3/h17,20,28H,6-16,18-19,21-27H2,1-5H3/b20-17-. The Labute approximate surface area is 243 Å². The van der Waals surface area contributed by atoms with Crippen LogP contribution in [-0.4, -0.2) is 79.2 Å². The summed E-state index contributed by atoms with van der Waals surface area (Å²) in [5.41, 5.74) is 0. The average molecular weight is 571 g/mol. The Balaban J connectivity index is 4.96. The molecule has 39 heavy (non-hydrogen) atoms. The lowest BCUT2D eigenvalue weighted by molar-refractivity contribution is -0.151. The van der Waals surface area contributed by atoms with E-state index in [9.17, 15) is 14.4 Å². The Bertz CT molecular complexity index is 645. The lowest BCUT2D eigenvalue weighted by Gasteiger charge is -2.23. The van der Waals surface area contributed by atoms with Crippen LogP contribution >= 0.6 is 11.8 Å². The molecule has 0 radical (unpaired) electrons. The highest BCUT2D eigenvalue weighted by atomic mass is 32.2. The minimum atomic E-state index is -0.518. The number of unbranched alkanes of at least 4 members (excludes halogenated alkanes) is 10. The van der Waals surface area contributed by atoms with Gasteiger partial charge in [0.2, 0.25) is 0 Å². The van der Waals surface area contributed by atoms with Crippen molar-refractivity contribution in [2.75, 3.05) is 46.1 Å². The van der Waals surface area contributed by atoms with Crippen LogP contribution in [0.3, 0.4) is 0 Å². The maximum atomic E-state index is 12.9. The molecule has 0 atom stereocenters. The lowest BCUT2D eigenvalue weighted by atomic mass is 10.0. The molecule has 0 saturated carbocycles. The Morgan fingerprint density at radius 3 is 1.87 bits per heavy atom. The molecule has 0 rings (SSSR count). The van der Waals surface area contributed by atoms with Crippen LogP contribution in [0.4, 0.5) is 4.79 Å². The van der Waals surface area contributed by atoms with Gasteiger partial charge in [-0.2, -0.15) is 0 Å². The summed E-state index contributed by atoms with van der Waals surface area (Å²) in [6.45, 7) is 6.94. The third-order valence-corrected chi connectivity index (χ3v) is 7.34. The molecular formula is C31H58N2O5S. The summed E-state index contributed by atoms with van der Waals surface area (Å²) in [5, 5.41) is -0.306. The summed E-state index contributed by atoms with van der Waals surface area (Å²) in [6.07, 6.45) is 20.2. The van der Waals surface area contributed by atoms with Gasteiger partial charge in [-0.1, -0.05) is 102 Å². The van der Waals surface area contributed by atoms with Crippen molar-refractivity contribution < 1.29 is 23.9 Å². The third-order valence-electron chi connectivity index (χ3n) is 6.45. The minimum Gasteiger partial charge on any atom is -0.461 e. The topological polar surface area (TPSA) is 76.1 Å². The van der Waals surface area contributed by atoms with Crippen LogP contribution in [0, 0.1) is 0 Å². The van der Waals surface area contributed by atoms with Crippen LogP contribution in [-0.2, 0) is 19.1 Å². The van der Waals surface area contributed by atoms with Gasteiger partial charge in [-0.3, -0.25) is 14.4 Å². The Morgan fingerprint density at radius 1 is 0.744 bits per heavy atom. The van der Waals surface area contributed by atoms with Crippen LogP contribution in [0.2, 0.25) is 0 Å². The van der Waals surface area contributed by atoms with Crippen molar-refractivity contribution in [1.82, 2.24) is 9.80 Å². The molecule has 0 aliphatic heterocycles. The van der Waals surface area contributed by atoms with Gasteiger partial charge in [-0.05, 0) is 52.6 Å². The fourth-order valence-corrected chi connectivity index (χ4v) is 4.99. The van der Waals surface area contributed by atoms with Crippen LogP contribution in [0.5, 0.6) is 0 Å². The van der Waals surface area contributed by atoms with Gasteiger partial charge in [0, 0.05) is 12.3 Å². The molecule has 7 nitrogen and oxygen atoms in total. The quantitative estimate of drug-likeness (QED) is 0.0634. The highest BCUT2D eigenvalue weighted by Crippen LogP contribution is 2.17. The Hall–Kier alpha value is -1.54. The first-order chi connectivity index (χ1) is 18.8. The summed E-state index contributed by atoms with van der Waals surface area (Å²) in [5.74, 6) is -0.395. The van der Waals surface area contributed by atoms with Gasteiger partial charge in [0.25, 0.3) is 5.24 Å². The molecule has 0 bridgehead atoms. The third kappa shape index (κ3) is 24.0. The smallest absolute Gasteiger partial charge is 0.326 e. The molecule has 0 heterocycles. The molecule has 0 aliphatic rings. The second-order valence-electron chi connectivity index (χ2n) is 10.6. The average Bonchev–Trinajstić information content (AvgIpc) is 2.89. The number of esters is 2. The molecule has 228 valence electrons. The first-order valence-corrected chi connectivity index (χ1v) is 16.4. The zero-order chi connectivity index (χ0) is 29.1. The van der Waals surface area contributed by atoms with Gasteiger partial charge in [0.15, 0.2) is 0 Å². The molecule has 0 spiro atoms. The van der Waals surface area contributed by atoms with Gasteiger partial charge in [-0.15, -0.1) is 0 Å². The van der Waals surface area contributed by atoms with E-state index in [0.717, 1.165) is 82.5 Å². The minimum absolute atomic E-state index is 0.140. The molecule has 0 N–H and O–H groups in total. The number of rotatable bonds is 25. The number of hydrogen-bond acceptors (Lipinski definition) is 7. The molecular weight excluding hydrogens is 512 g/mol. The van der Waals surface area contributed by atoms with Crippen molar-refractivity contribution in [2.24, 2.45) is 0 Å². The Morgan fingerprint density at radius 2 is 1.31 bits per heavy atom. The predicted molar refractivity (Wildman–Crippen MR) is 164 cm³/mol. The highest BCUT2D eigenvalue weighted by Gasteiger charge is 2.24. The van der Waals surface area contributed by atoms with Gasteiger partial charge < -0.3 is 19.3 Å². The van der Waals surface area contributed by atoms with E-state index in [1.807, 2.05) is 31.1 Å². The maximum absolute atomic E-state index is 12.9. The van der Waals surface area contributed by atoms with Crippen LogP contribution in [0.15, 0.2) is 12.2 Å². The maximum Gasteiger partial charge on any atom is 0.326 e. The zero-order valence-corrected chi connectivity index (χ0v) is 26.5. The molecule has 1 amide bonds. The molecule has 0 unspecified atom stereocenters. The Kier molecular flexibility index (Phi) is 25.6. The van der Waals surface area contributed by atoms with Crippen molar-refractivity contribution in [2.45, 2.75) is 123 Å². The second kappa shape index (κ2) is 26.7. The van der Waals surface area contributed by atoms with E-state index in [2.05, 4.69) is 20.8 Å². The van der Waals surface area contributed by atoms with Crippen molar-refractivity contribution in [1.29, 1.82) is 0 Å². The van der Waals surface area contributed by atoms with Crippen LogP contribution in [0.1, 0.15) is 117 Å². The molecule has 0 aliphatic carbocycles. The number of ether oxygens (including phenoxy) is 2. The monoisotopic (exact) mass is 570 g/mol. The highest BCUT2D eigenvalue weighted by molar-refractivity contribution is 8.13. The SMILES string of the molecule is CCCCCC/C=C\COC(=O)CN(CC(=O)OC(CCCCCC)CCCCCC)C(=O)SCCN(C)C. The summed E-state index contributed by atoms with van der Waals surface area (Å²) in [6, 6.07) is 0. The van der Waals surface area contributed by atoms with E-state index in [1.54, 1.807) is 0 Å². The fraction of sp³-hybridized carbons (Fsp3) is 0.839. The van der Waals surface area contributed by atoms with Gasteiger partial charge in [-0.25, -0.2) is 0 Å². The normalized spacial score (nSPS) is 11.5. The van der Waals surface area contributed by atoms with Gasteiger partial charge in [0.05, 0.1) is 0 Å². The largest absolute Gasteiger partial charge is 0.461 e. The van der Waals surface area contributed by atoms with Gasteiger partial charge >= 0.3 is 11.9 Å². The lowest BCUT2D eigenvalue weighted by Crippen LogP contribution is -2.39. The molecule has 0 fully saturated rings. The predicted octanol–water partition coefficient (Wildman–Crippen LogP) is 7.63. The summed E-state index contributed by atoms with van der Waals surface area (Å²) in [4.78, 5) is 41.6. The first-order valence-electron chi connectivity index (χ1n) is 15.4. The van der Waals surface area contributed by atoms with E-state index in [0.29, 0.717) is 5.75 Å². The number of hydrogen-bond donors (Lipinski definition) is 0. The van der Waals surface area contributed by atoms with Crippen molar-refractivity contribution in [3.63, 3.8) is 0 Å². The van der Waals surface area contributed by atoms with Crippen molar-refractivity contribution in [3.8, 4) is 0 Å². The summed E-state index contributed by atoms with van der Waals surface area (Å²) >= 11 is 1.11. The number of thioether (sulfide) groups is 1. The number of amides is 1. The molecule has 0 aromatic carbocycles. The van der Waals surface area contributed by atoms with E-state index in [1.165, 1.54) is 37.0 Å². The first kappa shape index (κ1) is 37.5. The second-order valence-corrected chi connectivity index (χ2v) is 11.6. The van der Waals surface area contributed by atoms with Crippen molar-refractivity contribution >= 4 is 28.9 Å². The van der Waals surface area contributed by atoms with Crippen molar-refractivity contribution in [3.05, 3.63) is 12.2 Å². The zero-order valence-electron chi connectivity index (χ0n) is 25.7. The van der Waals surface area contributed by atoms with E-state index in [4.69, 9.17) is 9.47 Å². The van der Waals surface area contributed by atoms with Gasteiger partial charge in [0.1, 0.15) is 25.8 Å². The number of carbonyl (C=O) groups is 3. The molecule has 0 aromatic heterocycles. The summed E-state index contributed by atoms with van der Waals surface area (Å²) < 4.78 is 11.2. The van der Waals surface area contributed by atoms with Crippen LogP contribution in [0.25, 0.3) is 0 Å². The fourth-order valence-electron chi connectivity index (χ4n) is 4.05. The number of allylic oxidation sites excluding steroid dienone is 1. The number of nitrogens with zero attached hydrogens (tertiary/aromatic N) is 2. The van der Waals surface area contributed by atoms with E-state index >= 15 is 0 Å². The molecule has 0 saturated heterocycles. The molecule has 8 heteroatoms. The number of carbonyl (C=O) groups excluding carboxylic acids is 3. The van der Waals surface area contributed by atoms with E-state index < -0.39 is 11.9 Å².